The van der Waals surface area contributed by atoms with Crippen LogP contribution < -0.4 is 4.74 Å². The lowest BCUT2D eigenvalue weighted by Gasteiger charge is -2.25. The molecule has 0 amide bonds. The lowest BCUT2D eigenvalue weighted by Crippen LogP contribution is -2.29. The average Bonchev–Trinajstić information content (AvgIpc) is 2.36. The minimum Gasteiger partial charge on any atom is -0.496 e. The topological polar surface area (TPSA) is 12.5 Å². The number of methoxy groups -OCH3 is 1. The van der Waals surface area contributed by atoms with Gasteiger partial charge < -0.3 is 4.74 Å². The van der Waals surface area contributed by atoms with Gasteiger partial charge >= 0.3 is 0 Å². The first-order valence-electron chi connectivity index (χ1n) is 6.10. The molecular weight excluding hydrogens is 310 g/mol. The molecule has 0 aliphatic heterocycles. The molecule has 0 saturated heterocycles. The molecule has 18 heavy (non-hydrogen) atoms. The summed E-state index contributed by atoms with van der Waals surface area (Å²) in [5, 5.41) is 0. The predicted octanol–water partition coefficient (Wildman–Crippen LogP) is 4.03. The molecule has 0 bridgehead atoms. The van der Waals surface area contributed by atoms with Gasteiger partial charge in [0.2, 0.25) is 0 Å². The molecule has 1 aromatic rings. The molecule has 1 atom stereocenters. The van der Waals surface area contributed by atoms with Gasteiger partial charge in [-0.15, -0.1) is 0 Å². The van der Waals surface area contributed by atoms with Gasteiger partial charge in [-0.3, -0.25) is 4.90 Å². The van der Waals surface area contributed by atoms with E-state index in [4.69, 9.17) is 4.74 Å². The molecule has 0 heterocycles. The number of hydrogen-bond donors (Lipinski definition) is 0. The summed E-state index contributed by atoms with van der Waals surface area (Å²) in [6.45, 7) is 3.19. The van der Waals surface area contributed by atoms with E-state index in [1.807, 2.05) is 23.9 Å². The van der Waals surface area contributed by atoms with Gasteiger partial charge in [0.15, 0.2) is 0 Å². The smallest absolute Gasteiger partial charge is 0.123 e. The maximum absolute atomic E-state index is 5.41. The van der Waals surface area contributed by atoms with E-state index in [0.29, 0.717) is 6.04 Å². The molecule has 102 valence electrons. The molecule has 1 aromatic carbocycles. The highest BCUT2D eigenvalue weighted by Gasteiger charge is 2.12. The second-order valence-electron chi connectivity index (χ2n) is 4.50. The van der Waals surface area contributed by atoms with Crippen molar-refractivity contribution in [2.24, 2.45) is 0 Å². The fraction of sp³-hybridized carbons (Fsp3) is 0.571. The van der Waals surface area contributed by atoms with E-state index in [1.54, 1.807) is 7.11 Å². The van der Waals surface area contributed by atoms with Gasteiger partial charge in [-0.2, -0.15) is 11.8 Å². The van der Waals surface area contributed by atoms with Crippen LogP contribution in [0.1, 0.15) is 18.9 Å². The van der Waals surface area contributed by atoms with Crippen molar-refractivity contribution in [1.82, 2.24) is 4.90 Å². The van der Waals surface area contributed by atoms with Crippen molar-refractivity contribution in [1.29, 1.82) is 0 Å². The summed E-state index contributed by atoms with van der Waals surface area (Å²) in [6.07, 6.45) is 3.37. The third-order valence-electron chi connectivity index (χ3n) is 3.15. The molecule has 0 aliphatic rings. The van der Waals surface area contributed by atoms with Crippen molar-refractivity contribution in [2.45, 2.75) is 25.9 Å². The Morgan fingerprint density at radius 3 is 2.78 bits per heavy atom. The Bertz CT molecular complexity index is 373. The maximum Gasteiger partial charge on any atom is 0.123 e. The lowest BCUT2D eigenvalue weighted by atomic mass is 10.1. The molecule has 4 heteroatoms. The van der Waals surface area contributed by atoms with Crippen LogP contribution in [-0.2, 0) is 6.54 Å². The Hall–Kier alpha value is -0.190. The van der Waals surface area contributed by atoms with Crippen LogP contribution in [0.4, 0.5) is 0 Å². The van der Waals surface area contributed by atoms with Gasteiger partial charge in [-0.25, -0.2) is 0 Å². The fourth-order valence-electron chi connectivity index (χ4n) is 1.80. The molecule has 2 nitrogen and oxygen atoms in total. The van der Waals surface area contributed by atoms with E-state index in [1.165, 1.54) is 17.7 Å². The maximum atomic E-state index is 5.41. The fourth-order valence-corrected chi connectivity index (χ4v) is 2.79. The largest absolute Gasteiger partial charge is 0.496 e. The highest BCUT2D eigenvalue weighted by molar-refractivity contribution is 9.10. The Morgan fingerprint density at radius 2 is 2.17 bits per heavy atom. The van der Waals surface area contributed by atoms with Crippen LogP contribution >= 0.6 is 27.7 Å². The van der Waals surface area contributed by atoms with Gasteiger partial charge in [0.1, 0.15) is 5.75 Å². The average molecular weight is 332 g/mol. The van der Waals surface area contributed by atoms with Crippen LogP contribution in [0.5, 0.6) is 5.75 Å². The second-order valence-corrected chi connectivity index (χ2v) is 6.40. The summed E-state index contributed by atoms with van der Waals surface area (Å²) in [4.78, 5) is 2.38. The number of ether oxygens (including phenoxy) is 1. The third-order valence-corrected chi connectivity index (χ3v) is 4.29. The van der Waals surface area contributed by atoms with Gasteiger partial charge in [0, 0.05) is 22.6 Å². The van der Waals surface area contributed by atoms with Crippen LogP contribution in [0, 0.1) is 0 Å². The minimum atomic E-state index is 0.584. The van der Waals surface area contributed by atoms with Gasteiger partial charge in [-0.05, 0) is 50.6 Å². The second kappa shape index (κ2) is 8.08. The van der Waals surface area contributed by atoms with Crippen molar-refractivity contribution in [3.8, 4) is 5.75 Å². The summed E-state index contributed by atoms with van der Waals surface area (Å²) in [7, 11) is 3.90. The molecule has 0 fully saturated rings. The van der Waals surface area contributed by atoms with E-state index < -0.39 is 0 Å². The van der Waals surface area contributed by atoms with Crippen molar-refractivity contribution in [3.63, 3.8) is 0 Å². The van der Waals surface area contributed by atoms with E-state index in [0.717, 1.165) is 16.8 Å². The first kappa shape index (κ1) is 15.9. The molecule has 0 aromatic heterocycles. The van der Waals surface area contributed by atoms with E-state index in [-0.39, 0.29) is 0 Å². The number of halogens is 1. The Morgan fingerprint density at radius 1 is 1.44 bits per heavy atom. The quantitative estimate of drug-likeness (QED) is 0.748. The van der Waals surface area contributed by atoms with Crippen molar-refractivity contribution in [3.05, 3.63) is 28.2 Å². The summed E-state index contributed by atoms with van der Waals surface area (Å²) >= 11 is 5.42. The first-order valence-corrected chi connectivity index (χ1v) is 8.28. The molecule has 1 unspecified atom stereocenters. The first-order chi connectivity index (χ1) is 8.58. The van der Waals surface area contributed by atoms with Crippen LogP contribution in [0.25, 0.3) is 0 Å². The molecule has 1 rings (SSSR count). The monoisotopic (exact) mass is 331 g/mol. The number of rotatable bonds is 7. The summed E-state index contributed by atoms with van der Waals surface area (Å²) in [5.74, 6) is 2.17. The van der Waals surface area contributed by atoms with Gasteiger partial charge in [0.05, 0.1) is 7.11 Å². The number of nitrogens with zero attached hydrogens (tertiary/aromatic N) is 1. The van der Waals surface area contributed by atoms with E-state index in [9.17, 15) is 0 Å². The number of thioether (sulfide) groups is 1. The van der Waals surface area contributed by atoms with Crippen molar-refractivity contribution in [2.75, 3.05) is 26.2 Å². The van der Waals surface area contributed by atoms with E-state index in [2.05, 4.69) is 47.1 Å². The number of benzene rings is 1. The molecule has 0 N–H and O–H groups in total. The lowest BCUT2D eigenvalue weighted by molar-refractivity contribution is 0.241. The van der Waals surface area contributed by atoms with Crippen LogP contribution in [0.2, 0.25) is 0 Å². The van der Waals surface area contributed by atoms with Gasteiger partial charge in [0.25, 0.3) is 0 Å². The van der Waals surface area contributed by atoms with Gasteiger partial charge in [-0.1, -0.05) is 15.9 Å². The summed E-state index contributed by atoms with van der Waals surface area (Å²) < 4.78 is 6.51. The zero-order valence-electron chi connectivity index (χ0n) is 11.6. The molecule has 0 spiro atoms. The number of hydrogen-bond acceptors (Lipinski definition) is 3. The highest BCUT2D eigenvalue weighted by atomic mass is 79.9. The Labute approximate surface area is 123 Å². The summed E-state index contributed by atoms with van der Waals surface area (Å²) in [6, 6.07) is 6.75. The molecule has 0 aliphatic carbocycles. The third kappa shape index (κ3) is 4.82. The standard InChI is InChI=1S/C14H22BrNOS/c1-11(7-8-18-4)16(2)10-12-9-13(15)5-6-14(12)17-3/h5-6,9,11H,7-8,10H2,1-4H3. The Kier molecular flexibility index (Phi) is 7.12. The van der Waals surface area contributed by atoms with Crippen molar-refractivity contribution < 1.29 is 4.74 Å². The van der Waals surface area contributed by atoms with E-state index >= 15 is 0 Å². The van der Waals surface area contributed by atoms with Crippen LogP contribution in [-0.4, -0.2) is 37.1 Å². The molecular formula is C14H22BrNOS. The zero-order chi connectivity index (χ0) is 13.5. The summed E-state index contributed by atoms with van der Waals surface area (Å²) in [5.41, 5.74) is 1.23. The SMILES string of the molecule is COc1ccc(Br)cc1CN(C)C(C)CCSC. The molecule has 0 saturated carbocycles. The molecule has 0 radical (unpaired) electrons. The normalized spacial score (nSPS) is 12.8. The highest BCUT2D eigenvalue weighted by Crippen LogP contribution is 2.24. The van der Waals surface area contributed by atoms with Crippen LogP contribution in [0.15, 0.2) is 22.7 Å². The zero-order valence-corrected chi connectivity index (χ0v) is 14.0. The predicted molar refractivity (Wildman–Crippen MR) is 84.6 cm³/mol. The van der Waals surface area contributed by atoms with Crippen LogP contribution in [0.3, 0.4) is 0 Å². The Balaban J connectivity index is 2.68. The minimum absolute atomic E-state index is 0.584. The van der Waals surface area contributed by atoms with Crippen molar-refractivity contribution >= 4 is 27.7 Å².